The molecule has 0 aromatic carbocycles. The molecule has 2 aliphatic rings. The van der Waals surface area contributed by atoms with Gasteiger partial charge in [-0.2, -0.15) is 0 Å². The first-order chi connectivity index (χ1) is 16.4. The molecule has 0 saturated carbocycles. The molecule has 2 fully saturated rings. The van der Waals surface area contributed by atoms with Gasteiger partial charge in [0, 0.05) is 30.4 Å². The summed E-state index contributed by atoms with van der Waals surface area (Å²) < 4.78 is 7.10. The van der Waals surface area contributed by atoms with Gasteiger partial charge in [0.15, 0.2) is 0 Å². The van der Waals surface area contributed by atoms with Crippen molar-refractivity contribution in [2.75, 3.05) is 25.6 Å². The molecule has 2 aromatic rings. The van der Waals surface area contributed by atoms with E-state index in [2.05, 4.69) is 38.3 Å². The molecular formula is C25H33N5O3S2. The van der Waals surface area contributed by atoms with Crippen LogP contribution in [0, 0.1) is 6.92 Å². The molecular weight excluding hydrogens is 482 g/mol. The fourth-order valence-corrected chi connectivity index (χ4v) is 6.41. The van der Waals surface area contributed by atoms with Gasteiger partial charge in [-0.1, -0.05) is 30.0 Å². The van der Waals surface area contributed by atoms with Crippen molar-refractivity contribution in [2.45, 2.75) is 64.6 Å². The lowest BCUT2D eigenvalue weighted by Crippen LogP contribution is -2.60. The number of anilines is 1. The Morgan fingerprint density at radius 3 is 2.60 bits per heavy atom. The molecule has 1 amide bonds. The third-order valence-electron chi connectivity index (χ3n) is 6.20. The number of hydrogen-bond acceptors (Lipinski definition) is 8. The molecule has 188 valence electrons. The Labute approximate surface area is 215 Å². The molecule has 4 rings (SSSR count). The molecule has 2 N–H and O–H groups in total. The van der Waals surface area contributed by atoms with Crippen molar-refractivity contribution < 1.29 is 9.53 Å². The molecule has 0 radical (unpaired) electrons. The van der Waals surface area contributed by atoms with Gasteiger partial charge in [0.05, 0.1) is 23.6 Å². The van der Waals surface area contributed by atoms with Gasteiger partial charge < -0.3 is 15.4 Å². The molecule has 0 bridgehead atoms. The van der Waals surface area contributed by atoms with Gasteiger partial charge >= 0.3 is 0 Å². The number of piperidine rings is 1. The molecule has 0 aliphatic carbocycles. The van der Waals surface area contributed by atoms with E-state index in [1.165, 1.54) is 21.1 Å². The smallest absolute Gasteiger partial charge is 0.267 e. The Morgan fingerprint density at radius 1 is 1.26 bits per heavy atom. The minimum absolute atomic E-state index is 0.0770. The summed E-state index contributed by atoms with van der Waals surface area (Å²) >= 11 is 6.61. The van der Waals surface area contributed by atoms with Crippen LogP contribution in [-0.4, -0.2) is 61.9 Å². The highest BCUT2D eigenvalue weighted by molar-refractivity contribution is 8.26. The van der Waals surface area contributed by atoms with Crippen LogP contribution >= 0.6 is 24.0 Å². The highest BCUT2D eigenvalue weighted by Crippen LogP contribution is 2.34. The number of ether oxygens (including phenoxy) is 1. The summed E-state index contributed by atoms with van der Waals surface area (Å²) in [6, 6.07) is 3.87. The van der Waals surface area contributed by atoms with E-state index in [1.807, 2.05) is 19.1 Å². The van der Waals surface area contributed by atoms with Crippen molar-refractivity contribution in [1.29, 1.82) is 0 Å². The lowest BCUT2D eigenvalue weighted by atomic mass is 9.79. The van der Waals surface area contributed by atoms with Gasteiger partial charge in [0.25, 0.3) is 11.5 Å². The number of amides is 1. The lowest BCUT2D eigenvalue weighted by molar-refractivity contribution is -0.122. The van der Waals surface area contributed by atoms with Gasteiger partial charge in [0.2, 0.25) is 0 Å². The van der Waals surface area contributed by atoms with Crippen molar-refractivity contribution in [3.05, 3.63) is 44.7 Å². The molecule has 35 heavy (non-hydrogen) atoms. The van der Waals surface area contributed by atoms with Gasteiger partial charge in [0.1, 0.15) is 15.8 Å². The molecule has 8 nitrogen and oxygen atoms in total. The number of carbonyl (C=O) groups excluding carboxylic acids is 1. The quantitative estimate of drug-likeness (QED) is 0.446. The predicted octanol–water partition coefficient (Wildman–Crippen LogP) is 3.57. The van der Waals surface area contributed by atoms with Crippen molar-refractivity contribution in [2.24, 2.45) is 0 Å². The first kappa shape index (κ1) is 25.8. The Kier molecular flexibility index (Phi) is 7.11. The summed E-state index contributed by atoms with van der Waals surface area (Å²) in [4.78, 5) is 33.5. The normalized spacial score (nSPS) is 21.3. The second-order valence-electron chi connectivity index (χ2n) is 10.6. The van der Waals surface area contributed by atoms with Gasteiger partial charge in [-0.25, -0.2) is 4.98 Å². The second-order valence-corrected chi connectivity index (χ2v) is 12.3. The largest absolute Gasteiger partial charge is 0.383 e. The molecule has 10 heteroatoms. The number of aromatic nitrogens is 2. The number of fused-ring (bicyclic) bond motifs is 1. The maximum Gasteiger partial charge on any atom is 0.267 e. The third kappa shape index (κ3) is 5.61. The van der Waals surface area contributed by atoms with E-state index >= 15 is 0 Å². The molecule has 2 aromatic heterocycles. The van der Waals surface area contributed by atoms with E-state index < -0.39 is 0 Å². The van der Waals surface area contributed by atoms with Crippen LogP contribution in [0.4, 0.5) is 5.82 Å². The topological polar surface area (TPSA) is 88.0 Å². The number of methoxy groups -OCH3 is 1. The van der Waals surface area contributed by atoms with Gasteiger partial charge in [-0.05, 0) is 65.2 Å². The summed E-state index contributed by atoms with van der Waals surface area (Å²) in [6.07, 6.45) is 5.14. The number of pyridine rings is 1. The van der Waals surface area contributed by atoms with Crippen molar-refractivity contribution in [3.63, 3.8) is 0 Å². The number of hydrogen-bond donors (Lipinski definition) is 2. The zero-order valence-corrected chi connectivity index (χ0v) is 22.7. The van der Waals surface area contributed by atoms with E-state index in [4.69, 9.17) is 21.9 Å². The molecule has 0 atom stereocenters. The fraction of sp³-hybridized carbons (Fsp3) is 0.520. The van der Waals surface area contributed by atoms with E-state index in [0.29, 0.717) is 39.4 Å². The zero-order valence-electron chi connectivity index (χ0n) is 21.1. The van der Waals surface area contributed by atoms with Gasteiger partial charge in [-0.3, -0.25) is 18.9 Å². The third-order valence-corrected chi connectivity index (χ3v) is 7.58. The van der Waals surface area contributed by atoms with Crippen molar-refractivity contribution in [1.82, 2.24) is 19.6 Å². The van der Waals surface area contributed by atoms with E-state index in [-0.39, 0.29) is 28.6 Å². The summed E-state index contributed by atoms with van der Waals surface area (Å²) in [5, 5.41) is 7.24. The molecule has 4 heterocycles. The Bertz CT molecular complexity index is 1250. The van der Waals surface area contributed by atoms with Crippen LogP contribution in [0.25, 0.3) is 11.7 Å². The summed E-state index contributed by atoms with van der Waals surface area (Å²) in [5.41, 5.74) is 1.48. The van der Waals surface area contributed by atoms with Crippen LogP contribution in [0.15, 0.2) is 28.0 Å². The fourth-order valence-electron chi connectivity index (χ4n) is 5.12. The van der Waals surface area contributed by atoms with E-state index in [0.717, 1.165) is 18.4 Å². The van der Waals surface area contributed by atoms with Crippen molar-refractivity contribution in [3.8, 4) is 0 Å². The highest BCUT2D eigenvalue weighted by atomic mass is 32.2. The number of thioether (sulfide) groups is 1. The SMILES string of the molecule is COCCN1C(=O)C(=Cc2c(NC3CC(C)(C)NC(C)(C)C3)nc3ccc(C)cn3c2=O)SC1=S. The lowest BCUT2D eigenvalue weighted by Gasteiger charge is -2.46. The zero-order chi connectivity index (χ0) is 25.5. The minimum Gasteiger partial charge on any atom is -0.383 e. The Morgan fingerprint density at radius 2 is 1.94 bits per heavy atom. The van der Waals surface area contributed by atoms with Crippen molar-refractivity contribution >= 4 is 51.7 Å². The van der Waals surface area contributed by atoms with Crippen LogP contribution in [-0.2, 0) is 9.53 Å². The number of carbonyl (C=O) groups is 1. The minimum atomic E-state index is -0.226. The Balaban J connectivity index is 1.79. The number of rotatable bonds is 6. The molecule has 2 saturated heterocycles. The standard InChI is InChI=1S/C25H33N5O3S2/c1-15-7-8-19-27-20(26-16-12-24(2,3)28-25(4,5)13-16)17(21(31)30(19)14-15)11-18-22(32)29(9-10-33-6)23(34)35-18/h7-8,11,14,16,26,28H,9-10,12-13H2,1-6H3. The van der Waals surface area contributed by atoms with Crippen LogP contribution in [0.2, 0.25) is 0 Å². The summed E-state index contributed by atoms with van der Waals surface area (Å²) in [7, 11) is 1.58. The second kappa shape index (κ2) is 9.65. The molecule has 0 unspecified atom stereocenters. The molecule has 2 aliphatic heterocycles. The maximum atomic E-state index is 13.7. The average Bonchev–Trinajstić information content (AvgIpc) is 3.00. The van der Waals surface area contributed by atoms with Crippen LogP contribution in [0.5, 0.6) is 0 Å². The number of thiocarbonyl (C=S) groups is 1. The van der Waals surface area contributed by atoms with Gasteiger partial charge in [-0.15, -0.1) is 0 Å². The first-order valence-corrected chi connectivity index (χ1v) is 12.9. The maximum absolute atomic E-state index is 13.7. The monoisotopic (exact) mass is 515 g/mol. The highest BCUT2D eigenvalue weighted by Gasteiger charge is 2.38. The Hall–Kier alpha value is -2.27. The van der Waals surface area contributed by atoms with E-state index in [1.54, 1.807) is 19.4 Å². The van der Waals surface area contributed by atoms with Crippen LogP contribution < -0.4 is 16.2 Å². The first-order valence-electron chi connectivity index (χ1n) is 11.7. The van der Waals surface area contributed by atoms with E-state index in [9.17, 15) is 9.59 Å². The number of aryl methyl sites for hydroxylation is 1. The number of nitrogens with zero attached hydrogens (tertiary/aromatic N) is 3. The van der Waals surface area contributed by atoms with Crippen LogP contribution in [0.3, 0.4) is 0 Å². The number of nitrogens with one attached hydrogen (secondary N) is 2. The van der Waals surface area contributed by atoms with Crippen LogP contribution in [0.1, 0.15) is 51.7 Å². The average molecular weight is 516 g/mol. The summed E-state index contributed by atoms with van der Waals surface area (Å²) in [5.74, 6) is 0.264. The molecule has 0 spiro atoms. The summed E-state index contributed by atoms with van der Waals surface area (Å²) in [6.45, 7) is 11.4. The predicted molar refractivity (Wildman–Crippen MR) is 146 cm³/mol.